The minimum Gasteiger partial charge on any atom is -0.457 e. The highest BCUT2D eigenvalue weighted by molar-refractivity contribution is 8.24. The van der Waals surface area contributed by atoms with Crippen LogP contribution >= 0.6 is 10.6 Å². The summed E-state index contributed by atoms with van der Waals surface area (Å²) in [5.74, 6) is 7.65. The van der Waals surface area contributed by atoms with E-state index in [1.165, 1.54) is 154 Å². The number of carbonyl (C=O) groups is 1. The Bertz CT molecular complexity index is 5130. The molecule has 13 rings (SSSR count). The standard InChI is InChI=1S/C19H18F6.C19H36.C17H18O.C16H20O2S.C16H18O.C16H18.C10H14/c1-11-5-7-15(9-13(11)3)17(18(20,21)22,19(23,24)25)16-8-6-12(2)14(4)10-16;1-13-7-9-17(11-15(13)3)19(5,6)18-10-8-14(2)16(4)12-18;1-11-5-7-15(9-13(11)3)17(18)16-8-6-12(2)14(4)10-16;1-11-5-7-15(9-13(11)3)19(17,18)16-8-6-12(2)14(4)10-16;1-11-5-7-15(9-13(11)3)17-16-8-6-12(2)14(4)10-16;1-11-5-7-15(9-13(11)3)16-8-6-12(2)14(4)10-16;1-7-5-9(3)10(4)6-8(7)2/h5-10H,1-4H3;13-18H,7-12H2,1-6H3;5-10H,1-4H3;5-10,17-18H,1-4H3;5-10H,1-4H3;5-10H,1-4H3;5-6H,1-4H3. The molecule has 0 heterocycles. The molecular formula is C113H142F6O4S. The molecule has 0 aromatic heterocycles. The van der Waals surface area contributed by atoms with Crippen LogP contribution in [0, 0.1) is 207 Å². The average molecular weight is 1710 g/mol. The van der Waals surface area contributed by atoms with E-state index in [2.05, 4.69) is 211 Å². The van der Waals surface area contributed by atoms with Gasteiger partial charge < -0.3 is 4.74 Å². The van der Waals surface area contributed by atoms with Crippen LogP contribution in [0.15, 0.2) is 204 Å². The molecule has 0 bridgehead atoms. The van der Waals surface area contributed by atoms with E-state index in [9.17, 15) is 40.2 Å². The summed E-state index contributed by atoms with van der Waals surface area (Å²) in [6, 6.07) is 59.4. The smallest absolute Gasteiger partial charge is 0.411 e. The number of alkyl halides is 6. The van der Waals surface area contributed by atoms with Gasteiger partial charge in [-0.15, -0.1) is 10.6 Å². The Kier molecular flexibility index (Phi) is 35.5. The van der Waals surface area contributed by atoms with Crippen LogP contribution < -0.4 is 4.74 Å². The van der Waals surface area contributed by atoms with Gasteiger partial charge >= 0.3 is 12.4 Å². The van der Waals surface area contributed by atoms with Gasteiger partial charge in [-0.25, -0.2) is 0 Å². The van der Waals surface area contributed by atoms with Crippen LogP contribution in [0.4, 0.5) is 26.3 Å². The van der Waals surface area contributed by atoms with Gasteiger partial charge in [0.1, 0.15) is 11.5 Å². The SMILES string of the molecule is CC1CCC(C(C)(C)C2CCC(C)C(C)C2)CC1C.Cc1cc(C)c(C)cc1C.Cc1ccc(-c2ccc(C)c(C)c2)cc1C.Cc1ccc(C(=O)c2ccc(C)c(C)c2)cc1C.Cc1ccc(C(c2ccc(C)c(C)c2)(C(F)(F)F)C(F)(F)F)cc1C.Cc1ccc(Oc2ccc(C)c(C)c2)cc1C.Cc1ccc(S(O)(O)c2ccc(C)c(C)c2)cc1C. The van der Waals surface area contributed by atoms with Crippen molar-refractivity contribution in [3.8, 4) is 22.6 Å². The molecule has 6 unspecified atom stereocenters. The molecule has 11 aromatic carbocycles. The van der Waals surface area contributed by atoms with Crippen LogP contribution in [-0.4, -0.2) is 27.2 Å². The van der Waals surface area contributed by atoms with Crippen molar-refractivity contribution >= 4 is 16.4 Å². The lowest BCUT2D eigenvalue weighted by Gasteiger charge is -2.49. The zero-order valence-electron chi connectivity index (χ0n) is 80.1. The summed E-state index contributed by atoms with van der Waals surface area (Å²) >= 11 is 0. The zero-order valence-corrected chi connectivity index (χ0v) is 80.9. The molecule has 0 aliphatic heterocycles. The van der Waals surface area contributed by atoms with Crippen LogP contribution in [0.5, 0.6) is 11.5 Å². The second kappa shape index (κ2) is 43.3. The summed E-state index contributed by atoms with van der Waals surface area (Å²) in [6.07, 6.45) is -2.23. The van der Waals surface area contributed by atoms with Gasteiger partial charge in [0, 0.05) is 11.1 Å². The quantitative estimate of drug-likeness (QED) is 0.100. The number of hydrogen-bond acceptors (Lipinski definition) is 4. The van der Waals surface area contributed by atoms with Crippen LogP contribution in [0.1, 0.15) is 241 Å². The highest BCUT2D eigenvalue weighted by Gasteiger charge is 2.72. The van der Waals surface area contributed by atoms with Gasteiger partial charge in [-0.1, -0.05) is 188 Å². The predicted molar refractivity (Wildman–Crippen MR) is 514 cm³/mol. The number of ketones is 1. The molecule has 0 amide bonds. The molecule has 11 heteroatoms. The second-order valence-corrected chi connectivity index (χ2v) is 39.3. The Hall–Kier alpha value is -9.26. The first-order valence-corrected chi connectivity index (χ1v) is 45.7. The predicted octanol–water partition coefficient (Wildman–Crippen LogP) is 33.9. The van der Waals surface area contributed by atoms with Gasteiger partial charge in [-0.2, -0.15) is 26.3 Å². The van der Waals surface area contributed by atoms with Crippen LogP contribution in [-0.2, 0) is 5.41 Å². The maximum atomic E-state index is 14.0. The Balaban J connectivity index is 0.000000201. The second-order valence-electron chi connectivity index (χ2n) is 37.3. The number of benzene rings is 11. The Morgan fingerprint density at radius 1 is 0.290 bits per heavy atom. The molecular weight excluding hydrogens is 1570 g/mol. The van der Waals surface area contributed by atoms with E-state index in [-0.39, 0.29) is 5.78 Å². The molecule has 4 nitrogen and oxygen atoms in total. The third-order valence-electron chi connectivity index (χ3n) is 27.8. The van der Waals surface area contributed by atoms with Gasteiger partial charge in [0.05, 0.1) is 9.79 Å². The summed E-state index contributed by atoms with van der Waals surface area (Å²) in [5.41, 5.74) is 26.3. The largest absolute Gasteiger partial charge is 0.457 e. The molecule has 666 valence electrons. The van der Waals surface area contributed by atoms with Crippen molar-refractivity contribution < 1.29 is 45.0 Å². The molecule has 2 saturated carbocycles. The van der Waals surface area contributed by atoms with Crippen LogP contribution in [0.2, 0.25) is 0 Å². The van der Waals surface area contributed by atoms with E-state index in [0.29, 0.717) is 37.5 Å². The van der Waals surface area contributed by atoms with Crippen molar-refractivity contribution in [1.82, 2.24) is 0 Å². The van der Waals surface area contributed by atoms with Crippen molar-refractivity contribution in [2.24, 2.45) is 40.9 Å². The molecule has 6 atom stereocenters. The number of halogens is 6. The van der Waals surface area contributed by atoms with E-state index < -0.39 is 39.5 Å². The topological polar surface area (TPSA) is 66.8 Å². The summed E-state index contributed by atoms with van der Waals surface area (Å²) in [6.45, 7) is 63.2. The number of carbonyl (C=O) groups excluding carboxylic acids is 1. The first-order valence-electron chi connectivity index (χ1n) is 44.1. The first kappa shape index (κ1) is 102. The lowest BCUT2D eigenvalue weighted by atomic mass is 9.57. The summed E-state index contributed by atoms with van der Waals surface area (Å²) in [7, 11) is -2.92. The Labute approximate surface area is 744 Å². The van der Waals surface area contributed by atoms with Crippen molar-refractivity contribution in [2.75, 3.05) is 0 Å². The third kappa shape index (κ3) is 26.0. The lowest BCUT2D eigenvalue weighted by molar-refractivity contribution is -0.288. The minimum absolute atomic E-state index is 0.0983. The molecule has 2 fully saturated rings. The maximum absolute atomic E-state index is 14.0. The molecule has 2 aliphatic carbocycles. The highest BCUT2D eigenvalue weighted by Crippen LogP contribution is 2.58. The Morgan fingerprint density at radius 3 is 0.806 bits per heavy atom. The maximum Gasteiger partial charge on any atom is 0.411 e. The monoisotopic (exact) mass is 1710 g/mol. The minimum atomic E-state index is -5.55. The average Bonchev–Trinajstić information content (AvgIpc) is 0.712. The van der Waals surface area contributed by atoms with Crippen LogP contribution in [0.3, 0.4) is 0 Å². The number of hydrogen-bond donors (Lipinski definition) is 2. The number of rotatable bonds is 11. The number of aryl methyl sites for hydroxylation is 24. The van der Waals surface area contributed by atoms with E-state index in [0.717, 1.165) is 116 Å². The fraction of sp³-hybridized carbons (Fsp3) is 0.407. The van der Waals surface area contributed by atoms with Crippen molar-refractivity contribution in [1.29, 1.82) is 0 Å². The molecule has 2 aliphatic rings. The van der Waals surface area contributed by atoms with Crippen LogP contribution in [0.25, 0.3) is 11.1 Å². The molecule has 0 spiro atoms. The normalized spacial score (nSPS) is 16.6. The van der Waals surface area contributed by atoms with Crippen molar-refractivity contribution in [3.63, 3.8) is 0 Å². The molecule has 11 aromatic rings. The summed E-state index contributed by atoms with van der Waals surface area (Å²) in [4.78, 5) is 13.5. The molecule has 2 N–H and O–H groups in total. The number of ether oxygens (including phenoxy) is 1. The van der Waals surface area contributed by atoms with Gasteiger partial charge in [-0.3, -0.25) is 13.9 Å². The van der Waals surface area contributed by atoms with E-state index >= 15 is 0 Å². The third-order valence-corrected chi connectivity index (χ3v) is 29.7. The van der Waals surface area contributed by atoms with E-state index in [1.807, 2.05) is 114 Å². The fourth-order valence-corrected chi connectivity index (χ4v) is 17.7. The Morgan fingerprint density at radius 2 is 0.540 bits per heavy atom. The van der Waals surface area contributed by atoms with Crippen molar-refractivity contribution in [2.45, 2.75) is 274 Å². The first-order chi connectivity index (χ1) is 57.7. The molecule has 124 heavy (non-hydrogen) atoms. The van der Waals surface area contributed by atoms with Gasteiger partial charge in [-0.05, 0) is 449 Å². The van der Waals surface area contributed by atoms with E-state index in [4.69, 9.17) is 4.74 Å². The molecule has 0 saturated heterocycles. The summed E-state index contributed by atoms with van der Waals surface area (Å²) < 4.78 is 111. The van der Waals surface area contributed by atoms with Gasteiger partial charge in [0.2, 0.25) is 5.41 Å². The summed E-state index contributed by atoms with van der Waals surface area (Å²) in [5, 5.41) is 0. The lowest BCUT2D eigenvalue weighted by Crippen LogP contribution is -2.54. The fourth-order valence-electron chi connectivity index (χ4n) is 16.2. The molecule has 0 radical (unpaired) electrons. The van der Waals surface area contributed by atoms with Gasteiger partial charge in [0.15, 0.2) is 5.78 Å². The zero-order chi connectivity index (χ0) is 92.7. The van der Waals surface area contributed by atoms with E-state index in [1.54, 1.807) is 26.0 Å². The van der Waals surface area contributed by atoms with Crippen molar-refractivity contribution in [3.05, 3.63) is 350 Å². The van der Waals surface area contributed by atoms with Gasteiger partial charge in [0.25, 0.3) is 0 Å². The highest BCUT2D eigenvalue weighted by atomic mass is 32.3.